The summed E-state index contributed by atoms with van der Waals surface area (Å²) in [7, 11) is 0. The van der Waals surface area contributed by atoms with E-state index in [0.717, 1.165) is 0 Å². The van der Waals surface area contributed by atoms with Crippen molar-refractivity contribution < 1.29 is 32.3 Å². The maximum atomic E-state index is 11.1. The first-order chi connectivity index (χ1) is 8.50. The van der Waals surface area contributed by atoms with Gasteiger partial charge in [-0.15, -0.1) is 0 Å². The van der Waals surface area contributed by atoms with Gasteiger partial charge in [0.15, 0.2) is 11.5 Å². The molecule has 0 fully saturated rings. The standard InChI is InChI=1S/C10H10O7S/c1-5(17-18(13)14)8-6(10(11)12)2-3-7-9(8)16-4-15-7/h2-3,5H,4H2,1H3,(H,11,12)(H,13,14)/p-1. The summed E-state index contributed by atoms with van der Waals surface area (Å²) in [6.45, 7) is 1.37. The topological polar surface area (TPSA) is 105 Å². The summed E-state index contributed by atoms with van der Waals surface area (Å²) in [4.78, 5) is 11.1. The van der Waals surface area contributed by atoms with Crippen LogP contribution in [0.2, 0.25) is 0 Å². The number of ether oxygens (including phenoxy) is 2. The molecule has 8 heteroatoms. The van der Waals surface area contributed by atoms with Crippen LogP contribution in [0.15, 0.2) is 12.1 Å². The Morgan fingerprint density at radius 1 is 1.56 bits per heavy atom. The van der Waals surface area contributed by atoms with Gasteiger partial charge in [-0.25, -0.2) is 9.00 Å². The van der Waals surface area contributed by atoms with Crippen molar-refractivity contribution in [1.29, 1.82) is 0 Å². The van der Waals surface area contributed by atoms with E-state index in [4.69, 9.17) is 14.6 Å². The van der Waals surface area contributed by atoms with Crippen molar-refractivity contribution in [2.24, 2.45) is 0 Å². The fraction of sp³-hybridized carbons (Fsp3) is 0.300. The van der Waals surface area contributed by atoms with Gasteiger partial charge in [0.2, 0.25) is 6.79 Å². The lowest BCUT2D eigenvalue weighted by Gasteiger charge is -2.18. The van der Waals surface area contributed by atoms with Gasteiger partial charge in [-0.2, -0.15) is 0 Å². The first-order valence-corrected chi connectivity index (χ1v) is 5.93. The first kappa shape index (κ1) is 12.8. The molecule has 1 heterocycles. The summed E-state index contributed by atoms with van der Waals surface area (Å²) in [6.07, 6.45) is -0.980. The molecule has 1 aromatic carbocycles. The highest BCUT2D eigenvalue weighted by atomic mass is 32.2. The average molecular weight is 273 g/mol. The molecule has 0 amide bonds. The molecule has 1 N–H and O–H groups in total. The monoisotopic (exact) mass is 273 g/mol. The van der Waals surface area contributed by atoms with Gasteiger partial charge in [0, 0.05) is 5.56 Å². The molecule has 18 heavy (non-hydrogen) atoms. The zero-order valence-corrected chi connectivity index (χ0v) is 10.1. The molecule has 0 saturated heterocycles. The number of carbonyl (C=O) groups is 1. The van der Waals surface area contributed by atoms with Crippen LogP contribution in [0.5, 0.6) is 11.5 Å². The first-order valence-electron chi connectivity index (χ1n) is 4.93. The molecule has 1 aliphatic heterocycles. The Bertz CT molecular complexity index is 513. The molecule has 1 aliphatic rings. The van der Waals surface area contributed by atoms with E-state index < -0.39 is 23.4 Å². The highest BCUT2D eigenvalue weighted by Gasteiger charge is 2.27. The number of carboxylic acids is 1. The minimum atomic E-state index is -2.75. The van der Waals surface area contributed by atoms with Crippen LogP contribution in [0.4, 0.5) is 0 Å². The molecule has 7 nitrogen and oxygen atoms in total. The second-order valence-corrected chi connectivity index (χ2v) is 4.11. The van der Waals surface area contributed by atoms with E-state index >= 15 is 0 Å². The summed E-state index contributed by atoms with van der Waals surface area (Å²) in [5.41, 5.74) is 0.0545. The summed E-state index contributed by atoms with van der Waals surface area (Å²) < 4.78 is 35.9. The van der Waals surface area contributed by atoms with E-state index in [1.54, 1.807) is 0 Å². The third-order valence-electron chi connectivity index (χ3n) is 2.44. The fourth-order valence-corrected chi connectivity index (χ4v) is 2.08. The SMILES string of the molecule is CC(OS(=O)[O-])c1c(C(=O)O)ccc2c1OCO2. The number of hydrogen-bond acceptors (Lipinski definition) is 6. The predicted molar refractivity (Wildman–Crippen MR) is 57.9 cm³/mol. The number of hydrogen-bond donors (Lipinski definition) is 1. The van der Waals surface area contributed by atoms with Crippen LogP contribution < -0.4 is 9.47 Å². The van der Waals surface area contributed by atoms with E-state index in [1.807, 2.05) is 0 Å². The van der Waals surface area contributed by atoms with Gasteiger partial charge >= 0.3 is 5.97 Å². The van der Waals surface area contributed by atoms with Gasteiger partial charge in [-0.1, -0.05) is 0 Å². The van der Waals surface area contributed by atoms with Crippen LogP contribution in [0.25, 0.3) is 0 Å². The summed E-state index contributed by atoms with van der Waals surface area (Å²) in [5.74, 6) is -0.634. The molecule has 2 atom stereocenters. The zero-order chi connectivity index (χ0) is 13.3. The maximum absolute atomic E-state index is 11.1. The average Bonchev–Trinajstić information content (AvgIpc) is 2.73. The zero-order valence-electron chi connectivity index (χ0n) is 9.24. The third kappa shape index (κ3) is 2.30. The molecular weight excluding hydrogens is 264 g/mol. The van der Waals surface area contributed by atoms with Crippen LogP contribution in [-0.4, -0.2) is 26.6 Å². The van der Waals surface area contributed by atoms with E-state index in [0.29, 0.717) is 5.75 Å². The van der Waals surface area contributed by atoms with E-state index in [2.05, 4.69) is 4.18 Å². The summed E-state index contributed by atoms with van der Waals surface area (Å²) in [5, 5.41) is 9.07. The lowest BCUT2D eigenvalue weighted by molar-refractivity contribution is 0.0690. The van der Waals surface area contributed by atoms with E-state index in [9.17, 15) is 13.6 Å². The Labute approximate surface area is 105 Å². The molecule has 2 unspecified atom stereocenters. The van der Waals surface area contributed by atoms with E-state index in [1.165, 1.54) is 19.1 Å². The quantitative estimate of drug-likeness (QED) is 0.815. The molecule has 1 aromatic rings. The lowest BCUT2D eigenvalue weighted by atomic mass is 10.0. The van der Waals surface area contributed by atoms with Crippen LogP contribution in [0, 0.1) is 0 Å². The molecule has 0 saturated carbocycles. The number of benzene rings is 1. The Kier molecular flexibility index (Phi) is 3.50. The minimum absolute atomic E-state index is 0.0431. The van der Waals surface area contributed by atoms with Gasteiger partial charge in [0.05, 0.1) is 16.9 Å². The van der Waals surface area contributed by atoms with Crippen LogP contribution >= 0.6 is 0 Å². The maximum Gasteiger partial charge on any atom is 0.336 e. The number of aromatic carboxylic acids is 1. The Hall–Kier alpha value is -1.64. The second kappa shape index (κ2) is 4.92. The number of fused-ring (bicyclic) bond motifs is 1. The van der Waals surface area contributed by atoms with Gasteiger partial charge in [-0.05, 0) is 19.1 Å². The highest BCUT2D eigenvalue weighted by Crippen LogP contribution is 2.41. The Morgan fingerprint density at radius 2 is 2.28 bits per heavy atom. The van der Waals surface area contributed by atoms with Crippen molar-refractivity contribution in [3.05, 3.63) is 23.3 Å². The summed E-state index contributed by atoms with van der Waals surface area (Å²) >= 11 is -2.75. The van der Waals surface area contributed by atoms with Gasteiger partial charge in [-0.3, -0.25) is 4.18 Å². The minimum Gasteiger partial charge on any atom is -0.750 e. The van der Waals surface area contributed by atoms with Crippen molar-refractivity contribution >= 4 is 17.3 Å². The predicted octanol–water partition coefficient (Wildman–Crippen LogP) is 0.985. The lowest BCUT2D eigenvalue weighted by Crippen LogP contribution is -2.10. The molecule has 0 bridgehead atoms. The van der Waals surface area contributed by atoms with Crippen molar-refractivity contribution in [1.82, 2.24) is 0 Å². The molecule has 2 rings (SSSR count). The molecule has 0 radical (unpaired) electrons. The van der Waals surface area contributed by atoms with Crippen LogP contribution in [0.3, 0.4) is 0 Å². The third-order valence-corrected chi connectivity index (χ3v) is 2.88. The molecular formula is C10H9O7S-. The smallest absolute Gasteiger partial charge is 0.336 e. The van der Waals surface area contributed by atoms with Crippen molar-refractivity contribution in [2.75, 3.05) is 6.79 Å². The molecule has 0 aromatic heterocycles. The Morgan fingerprint density at radius 3 is 2.89 bits per heavy atom. The highest BCUT2D eigenvalue weighted by molar-refractivity contribution is 7.74. The van der Waals surface area contributed by atoms with Crippen LogP contribution in [-0.2, 0) is 15.5 Å². The number of carboxylic acid groups (broad SMARTS) is 1. The van der Waals surface area contributed by atoms with Crippen molar-refractivity contribution in [2.45, 2.75) is 13.0 Å². The molecule has 0 spiro atoms. The fourth-order valence-electron chi connectivity index (χ4n) is 1.75. The van der Waals surface area contributed by atoms with Crippen LogP contribution in [0.1, 0.15) is 28.9 Å². The largest absolute Gasteiger partial charge is 0.750 e. The van der Waals surface area contributed by atoms with Crippen molar-refractivity contribution in [3.63, 3.8) is 0 Å². The van der Waals surface area contributed by atoms with Gasteiger partial charge in [0.1, 0.15) is 6.10 Å². The molecule has 0 aliphatic carbocycles. The van der Waals surface area contributed by atoms with E-state index in [-0.39, 0.29) is 23.7 Å². The summed E-state index contributed by atoms with van der Waals surface area (Å²) in [6, 6.07) is 2.77. The van der Waals surface area contributed by atoms with Gasteiger partial charge < -0.3 is 19.1 Å². The normalized spacial score (nSPS) is 16.3. The molecule has 98 valence electrons. The number of rotatable bonds is 4. The van der Waals surface area contributed by atoms with Crippen molar-refractivity contribution in [3.8, 4) is 11.5 Å². The second-order valence-electron chi connectivity index (χ2n) is 3.51. The Balaban J connectivity index is 2.51. The van der Waals surface area contributed by atoms with Gasteiger partial charge in [0.25, 0.3) is 0 Å².